The highest BCUT2D eigenvalue weighted by atomic mass is 35.5. The molecule has 0 aromatic heterocycles. The molecule has 0 saturated carbocycles. The first-order valence-corrected chi connectivity index (χ1v) is 13.1. The van der Waals surface area contributed by atoms with Crippen LogP contribution in [-0.2, 0) is 4.79 Å². The Morgan fingerprint density at radius 1 is 1.16 bits per heavy atom. The highest BCUT2D eigenvalue weighted by Crippen LogP contribution is 2.33. The molecule has 10 heteroatoms. The average molecular weight is 528 g/mol. The van der Waals surface area contributed by atoms with E-state index in [-0.39, 0.29) is 0 Å². The molecule has 3 rings (SSSR count). The first kappa shape index (κ1) is 29.6. The highest BCUT2D eigenvalue weighted by Gasteiger charge is 2.22. The number of nitrogens with zero attached hydrogens (tertiary/aromatic N) is 3. The van der Waals surface area contributed by atoms with Gasteiger partial charge in [0.15, 0.2) is 0 Å². The van der Waals surface area contributed by atoms with E-state index in [1.807, 2.05) is 23.8 Å². The summed E-state index contributed by atoms with van der Waals surface area (Å²) in [6.45, 7) is 11.0. The lowest BCUT2D eigenvalue weighted by atomic mass is 10.2. The molecule has 2 aliphatic heterocycles. The van der Waals surface area contributed by atoms with Gasteiger partial charge in [-0.2, -0.15) is 0 Å². The number of nitrogens with one attached hydrogen (secondary N) is 1. The molecule has 1 aromatic carbocycles. The number of piperazine rings is 1. The Kier molecular flexibility index (Phi) is 15.8. The molecule has 0 bridgehead atoms. The Morgan fingerprint density at radius 2 is 1.81 bits per heavy atom. The van der Waals surface area contributed by atoms with Gasteiger partial charge in [-0.1, -0.05) is 46.8 Å². The topological polar surface area (TPSA) is 48.1 Å². The van der Waals surface area contributed by atoms with E-state index in [1.165, 1.54) is 25.9 Å². The van der Waals surface area contributed by atoms with E-state index in [1.54, 1.807) is 12.1 Å². The molecule has 1 N–H and O–H groups in total. The second-order valence-electron chi connectivity index (χ2n) is 7.80. The number of carbonyl (C=O) groups is 1. The van der Waals surface area contributed by atoms with E-state index >= 15 is 0 Å². The number of ether oxygens (including phenoxy) is 1. The van der Waals surface area contributed by atoms with Gasteiger partial charge in [-0.05, 0) is 59.9 Å². The van der Waals surface area contributed by atoms with E-state index in [9.17, 15) is 4.79 Å². The van der Waals surface area contributed by atoms with Crippen molar-refractivity contribution in [1.29, 1.82) is 0 Å². The van der Waals surface area contributed by atoms with Crippen LogP contribution in [0.25, 0.3) is 0 Å². The number of amides is 1. The Balaban J connectivity index is 0.000000267. The van der Waals surface area contributed by atoms with Crippen LogP contribution in [0.3, 0.4) is 0 Å². The molecular formula is C22H37Cl3N4O2S. The minimum absolute atomic E-state index is 0.350. The van der Waals surface area contributed by atoms with Gasteiger partial charge in [0.25, 0.3) is 0 Å². The second kappa shape index (κ2) is 17.1. The average Bonchev–Trinajstić information content (AvgIpc) is 3.33. The van der Waals surface area contributed by atoms with Crippen molar-refractivity contribution in [3.8, 4) is 5.75 Å². The lowest BCUT2D eigenvalue weighted by Gasteiger charge is -2.37. The molecule has 1 atom stereocenters. The summed E-state index contributed by atoms with van der Waals surface area (Å²) < 4.78 is 7.57. The van der Waals surface area contributed by atoms with Gasteiger partial charge < -0.3 is 19.9 Å². The van der Waals surface area contributed by atoms with Crippen molar-refractivity contribution in [1.82, 2.24) is 19.4 Å². The maximum atomic E-state index is 10.7. The monoisotopic (exact) mass is 526 g/mol. The summed E-state index contributed by atoms with van der Waals surface area (Å²) in [4.78, 5) is 14.7. The fourth-order valence-corrected chi connectivity index (χ4v) is 4.79. The van der Waals surface area contributed by atoms with Crippen molar-refractivity contribution in [2.75, 3.05) is 65.7 Å². The molecule has 1 aromatic rings. The van der Waals surface area contributed by atoms with Crippen LogP contribution >= 0.6 is 46.8 Å². The Bertz CT molecular complexity index is 659. The lowest BCUT2D eigenvalue weighted by molar-refractivity contribution is -0.121. The molecule has 0 aliphatic carbocycles. The third-order valence-electron chi connectivity index (χ3n) is 4.82. The molecule has 184 valence electrons. The van der Waals surface area contributed by atoms with E-state index < -0.39 is 0 Å². The summed E-state index contributed by atoms with van der Waals surface area (Å²) >= 11 is 19.2. The zero-order chi connectivity index (χ0) is 23.9. The summed E-state index contributed by atoms with van der Waals surface area (Å²) in [6, 6.07) is 3.52. The molecule has 6 nitrogen and oxygen atoms in total. The Labute approximate surface area is 213 Å². The molecule has 0 spiro atoms. The van der Waals surface area contributed by atoms with Gasteiger partial charge in [0.2, 0.25) is 6.41 Å². The van der Waals surface area contributed by atoms with Gasteiger partial charge in [0, 0.05) is 44.0 Å². The van der Waals surface area contributed by atoms with Crippen LogP contribution in [0.4, 0.5) is 0 Å². The summed E-state index contributed by atoms with van der Waals surface area (Å²) in [5.74, 6) is 1.69. The van der Waals surface area contributed by atoms with Gasteiger partial charge in [-0.25, -0.2) is 4.31 Å². The second-order valence-corrected chi connectivity index (χ2v) is 10.2. The van der Waals surface area contributed by atoms with Crippen LogP contribution in [0, 0.1) is 0 Å². The quantitative estimate of drug-likeness (QED) is 0.313. The number of benzene rings is 1. The van der Waals surface area contributed by atoms with Crippen LogP contribution in [0.1, 0.15) is 26.7 Å². The summed E-state index contributed by atoms with van der Waals surface area (Å²) in [5, 5.41) is 4.58. The first-order chi connectivity index (χ1) is 15.3. The molecule has 1 amide bonds. The van der Waals surface area contributed by atoms with Crippen LogP contribution in [0.15, 0.2) is 12.1 Å². The zero-order valence-electron chi connectivity index (χ0n) is 19.6. The summed E-state index contributed by atoms with van der Waals surface area (Å²) in [5.41, 5.74) is 0. The van der Waals surface area contributed by atoms with E-state index in [0.29, 0.717) is 33.5 Å². The number of halogens is 3. The van der Waals surface area contributed by atoms with Crippen molar-refractivity contribution in [2.45, 2.75) is 32.7 Å². The SMILES string of the molecule is C1CCNC1.CCOc1cc(Cl)c(Cl)cc1Cl.C[C@H]1CN(SCCN(C)C)CCN1C=O. The molecule has 2 aliphatic rings. The predicted molar refractivity (Wildman–Crippen MR) is 140 cm³/mol. The standard InChI is InChI=1S/C10H21N3OS.C8H7Cl3O.C4H9N/c1-10-8-13(5-4-12(10)9-14)15-7-6-11(2)3;1-2-12-8-4-6(10)5(9)3-7(8)11;1-2-4-5-3-1/h9-10H,4-8H2,1-3H3;3-4H,2H2,1H3;5H,1-4H2/t10-;;/m0../s1. The number of rotatable bonds is 7. The van der Waals surface area contributed by atoms with E-state index in [4.69, 9.17) is 39.5 Å². The fourth-order valence-electron chi connectivity index (χ4n) is 2.96. The molecule has 2 saturated heterocycles. The maximum absolute atomic E-state index is 10.7. The van der Waals surface area contributed by atoms with E-state index in [0.717, 1.165) is 38.3 Å². The normalized spacial score (nSPS) is 18.5. The molecule has 2 fully saturated rings. The third-order valence-corrected chi connectivity index (χ3v) is 6.90. The minimum atomic E-state index is 0.350. The van der Waals surface area contributed by atoms with Gasteiger partial charge in [-0.3, -0.25) is 4.79 Å². The van der Waals surface area contributed by atoms with Crippen molar-refractivity contribution in [3.63, 3.8) is 0 Å². The van der Waals surface area contributed by atoms with Crippen molar-refractivity contribution >= 4 is 53.2 Å². The smallest absolute Gasteiger partial charge is 0.210 e. The maximum Gasteiger partial charge on any atom is 0.210 e. The number of carbonyl (C=O) groups excluding carboxylic acids is 1. The number of hydrogen-bond acceptors (Lipinski definition) is 6. The predicted octanol–water partition coefficient (Wildman–Crippen LogP) is 4.77. The molecule has 0 unspecified atom stereocenters. The van der Waals surface area contributed by atoms with E-state index in [2.05, 4.69) is 35.5 Å². The third kappa shape index (κ3) is 12.2. The van der Waals surface area contributed by atoms with Crippen LogP contribution in [0.2, 0.25) is 15.1 Å². The largest absolute Gasteiger partial charge is 0.492 e. The fraction of sp³-hybridized carbons (Fsp3) is 0.682. The molecule has 0 radical (unpaired) electrons. The van der Waals surface area contributed by atoms with Crippen LogP contribution < -0.4 is 10.1 Å². The highest BCUT2D eigenvalue weighted by molar-refractivity contribution is 7.97. The van der Waals surface area contributed by atoms with Gasteiger partial charge in [0.1, 0.15) is 5.75 Å². The first-order valence-electron chi connectivity index (χ1n) is 11.0. The Hall–Kier alpha value is -0.410. The summed E-state index contributed by atoms with van der Waals surface area (Å²) in [6.07, 6.45) is 3.74. The Morgan fingerprint density at radius 3 is 2.31 bits per heavy atom. The summed E-state index contributed by atoms with van der Waals surface area (Å²) in [7, 11) is 4.18. The molecule has 32 heavy (non-hydrogen) atoms. The number of hydrogen-bond donors (Lipinski definition) is 1. The molecular weight excluding hydrogens is 491 g/mol. The zero-order valence-corrected chi connectivity index (χ0v) is 22.7. The van der Waals surface area contributed by atoms with Crippen molar-refractivity contribution in [2.24, 2.45) is 0 Å². The van der Waals surface area contributed by atoms with Gasteiger partial charge in [-0.15, -0.1) is 0 Å². The van der Waals surface area contributed by atoms with Gasteiger partial charge >= 0.3 is 0 Å². The van der Waals surface area contributed by atoms with Crippen LogP contribution in [0.5, 0.6) is 5.75 Å². The van der Waals surface area contributed by atoms with Crippen molar-refractivity contribution in [3.05, 3.63) is 27.2 Å². The molecule has 2 heterocycles. The lowest BCUT2D eigenvalue weighted by Crippen LogP contribution is -2.48. The van der Waals surface area contributed by atoms with Crippen molar-refractivity contribution < 1.29 is 9.53 Å². The van der Waals surface area contributed by atoms with Gasteiger partial charge in [0.05, 0.1) is 21.7 Å². The minimum Gasteiger partial charge on any atom is -0.492 e. The van der Waals surface area contributed by atoms with Crippen LogP contribution in [-0.4, -0.2) is 92.3 Å².